The van der Waals surface area contributed by atoms with Gasteiger partial charge in [0.25, 0.3) is 0 Å². The number of nitrogens with zero attached hydrogens (tertiary/aromatic N) is 6. The first kappa shape index (κ1) is 75.1. The van der Waals surface area contributed by atoms with E-state index in [2.05, 4.69) is 30.6 Å². The quantitative estimate of drug-likeness (QED) is 0.0434. The number of carbonyl (C=O) groups is 3. The van der Waals surface area contributed by atoms with E-state index in [1.165, 1.54) is 76.7 Å². The fourth-order valence-electron chi connectivity index (χ4n) is 10.4. The molecule has 12 aromatic rings. The van der Waals surface area contributed by atoms with Gasteiger partial charge in [0.1, 0.15) is 115 Å². The number of rotatable bonds is 27. The smallest absolute Gasteiger partial charge is 0.231 e. The van der Waals surface area contributed by atoms with Crippen molar-refractivity contribution in [3.63, 3.8) is 0 Å². The second-order valence-electron chi connectivity index (χ2n) is 21.9. The Bertz CT molecular complexity index is 4300. The first-order valence-electron chi connectivity index (χ1n) is 31.6. The van der Waals surface area contributed by atoms with Crippen LogP contribution < -0.4 is 28.4 Å². The van der Waals surface area contributed by atoms with Crippen LogP contribution in [0.4, 0.5) is 0 Å². The zero-order valence-corrected chi connectivity index (χ0v) is 62.1. The number of ether oxygens (including phenoxy) is 9. The number of carbonyl (C=O) groups excluding carboxylic acids is 3. The van der Waals surface area contributed by atoms with Gasteiger partial charge in [-0.1, -0.05) is 142 Å². The van der Waals surface area contributed by atoms with Crippen molar-refractivity contribution in [2.24, 2.45) is 0 Å². The molecule has 3 atom stereocenters. The molecule has 0 saturated heterocycles. The number of ketones is 3. The third kappa shape index (κ3) is 17.5. The van der Waals surface area contributed by atoms with Crippen LogP contribution in [0.1, 0.15) is 102 Å². The van der Waals surface area contributed by atoms with Crippen LogP contribution in [0.3, 0.4) is 0 Å². The van der Waals surface area contributed by atoms with E-state index in [-0.39, 0.29) is 34.6 Å². The van der Waals surface area contributed by atoms with Crippen LogP contribution in [0, 0.1) is 20.8 Å². The molecule has 528 valence electrons. The van der Waals surface area contributed by atoms with E-state index in [1.54, 1.807) is 72.8 Å². The summed E-state index contributed by atoms with van der Waals surface area (Å²) < 4.78 is 67.1. The largest absolute Gasteiger partial charge is 0.495 e. The topological polar surface area (TPSA) is 251 Å². The van der Waals surface area contributed by atoms with Gasteiger partial charge in [-0.15, -0.1) is 30.6 Å². The Morgan fingerprint density at radius 3 is 0.755 bits per heavy atom. The Labute approximate surface area is 615 Å². The van der Waals surface area contributed by atoms with Gasteiger partial charge in [0.05, 0.1) is 42.7 Å². The van der Waals surface area contributed by atoms with E-state index in [1.807, 2.05) is 114 Å². The minimum Gasteiger partial charge on any atom is -0.495 e. The highest BCUT2D eigenvalue weighted by Crippen LogP contribution is 2.43. The first-order chi connectivity index (χ1) is 49.3. The molecule has 6 heterocycles. The highest BCUT2D eigenvalue weighted by molar-refractivity contribution is 7.15. The Morgan fingerprint density at radius 1 is 0.343 bits per heavy atom. The van der Waals surface area contributed by atoms with Gasteiger partial charge in [0.2, 0.25) is 17.3 Å². The van der Waals surface area contributed by atoms with Crippen molar-refractivity contribution in [2.45, 2.75) is 59.9 Å². The SMILES string of the molecule is CCOC(C(=O)c1ccc(-c2cc(OC)c(Cl)c(OC)c2)o1)c1ccc(-c2nnc(C)s2)cc1.CCO[C@@H](C(=O)c1ccc(-c2cc(OC)c(Cl)c(OC)c2)o1)c1ccc(-c2nnc(C)s2)cc1.CCO[C@H](C(=O)c1ccc(-c2cc(OC)c(Cl)c(OC)c2)o1)c1ccc(-c2nnc(C)s2)cc1. The van der Waals surface area contributed by atoms with Crippen LogP contribution in [0.25, 0.3) is 65.7 Å². The number of hydrogen-bond donors (Lipinski definition) is 0. The summed E-state index contributed by atoms with van der Waals surface area (Å²) in [6.07, 6.45) is -2.41. The highest BCUT2D eigenvalue weighted by atomic mass is 35.5. The summed E-state index contributed by atoms with van der Waals surface area (Å²) in [6.45, 7) is 12.4. The molecule has 12 rings (SSSR count). The van der Waals surface area contributed by atoms with Crippen molar-refractivity contribution in [3.8, 4) is 100 Å². The van der Waals surface area contributed by atoms with Crippen LogP contribution in [-0.4, -0.2) is 110 Å². The van der Waals surface area contributed by atoms with E-state index >= 15 is 0 Å². The maximum Gasteiger partial charge on any atom is 0.231 e. The van der Waals surface area contributed by atoms with E-state index < -0.39 is 18.3 Å². The molecule has 102 heavy (non-hydrogen) atoms. The molecule has 6 aromatic carbocycles. The molecule has 0 aliphatic carbocycles. The van der Waals surface area contributed by atoms with Crippen LogP contribution in [-0.2, 0) is 14.2 Å². The number of benzene rings is 6. The fourth-order valence-corrected chi connectivity index (χ4v) is 13.3. The molecule has 0 aliphatic heterocycles. The van der Waals surface area contributed by atoms with Crippen molar-refractivity contribution < 1.29 is 70.3 Å². The molecular weight excluding hydrogens is 1430 g/mol. The van der Waals surface area contributed by atoms with E-state index in [9.17, 15) is 14.4 Å². The Kier molecular flexibility index (Phi) is 25.7. The second kappa shape index (κ2) is 34.8. The monoisotopic (exact) mass is 1490 g/mol. The summed E-state index contributed by atoms with van der Waals surface area (Å²) in [6, 6.07) is 43.1. The summed E-state index contributed by atoms with van der Waals surface area (Å²) in [5, 5.41) is 30.9. The van der Waals surface area contributed by atoms with Crippen LogP contribution in [0.15, 0.2) is 159 Å². The molecule has 0 aliphatic rings. The van der Waals surface area contributed by atoms with Gasteiger partial charge in [0, 0.05) is 53.2 Å². The lowest BCUT2D eigenvalue weighted by Crippen LogP contribution is -2.16. The number of aromatic nitrogens is 6. The molecular formula is C75H69Cl3N6O15S3. The average molecular weight is 1500 g/mol. The fraction of sp³-hybridized carbons (Fsp3) is 0.240. The molecule has 21 nitrogen and oxygen atoms in total. The predicted molar refractivity (Wildman–Crippen MR) is 393 cm³/mol. The van der Waals surface area contributed by atoms with E-state index in [0.717, 1.165) is 63.4 Å². The van der Waals surface area contributed by atoms with Gasteiger partial charge in [0.15, 0.2) is 17.3 Å². The Morgan fingerprint density at radius 2 is 0.569 bits per heavy atom. The van der Waals surface area contributed by atoms with Gasteiger partial charge in [-0.2, -0.15) is 0 Å². The van der Waals surface area contributed by atoms with Crippen molar-refractivity contribution in [3.05, 3.63) is 210 Å². The molecule has 0 fully saturated rings. The molecule has 0 amide bonds. The number of Topliss-reactive ketones (excluding diaryl/α,β-unsaturated/α-hetero) is 3. The summed E-state index contributed by atoms with van der Waals surface area (Å²) in [5.74, 6) is 3.82. The highest BCUT2D eigenvalue weighted by Gasteiger charge is 2.30. The molecule has 6 aromatic heterocycles. The molecule has 0 spiro atoms. The number of aryl methyl sites for hydroxylation is 3. The minimum absolute atomic E-state index is 0.185. The predicted octanol–water partition coefficient (Wildman–Crippen LogP) is 19.2. The second-order valence-corrected chi connectivity index (χ2v) is 26.6. The van der Waals surface area contributed by atoms with Crippen LogP contribution >= 0.6 is 68.8 Å². The number of hydrogen-bond acceptors (Lipinski definition) is 24. The summed E-state index contributed by atoms with van der Waals surface area (Å²) in [5.41, 5.74) is 6.98. The lowest BCUT2D eigenvalue weighted by molar-refractivity contribution is 0.0427. The van der Waals surface area contributed by atoms with E-state index in [4.69, 9.17) is 90.7 Å². The molecule has 0 N–H and O–H groups in total. The molecule has 0 saturated carbocycles. The standard InChI is InChI=1S/3C25H23ClN2O5S/c3*1-5-32-24(15-6-8-16(9-7-15)25-28-27-14(2)34-25)23(29)19-11-10-18(33-19)17-12-20(30-3)22(26)21(13-17)31-4/h3*6-13,24H,5H2,1-4H3/t2*24-;/m10./s1. The van der Waals surface area contributed by atoms with Gasteiger partial charge in [-0.25, -0.2) is 0 Å². The van der Waals surface area contributed by atoms with Crippen molar-refractivity contribution >= 4 is 86.2 Å². The maximum absolute atomic E-state index is 13.3. The zero-order chi connectivity index (χ0) is 72.7. The van der Waals surface area contributed by atoms with E-state index in [0.29, 0.717) is 103 Å². The van der Waals surface area contributed by atoms with Gasteiger partial charge < -0.3 is 55.9 Å². The Hall–Kier alpha value is -9.60. The molecule has 1 unspecified atom stereocenters. The average Bonchev–Trinajstić information content (AvgIpc) is 1.63. The summed E-state index contributed by atoms with van der Waals surface area (Å²) in [4.78, 5) is 40.0. The van der Waals surface area contributed by atoms with Gasteiger partial charge >= 0.3 is 0 Å². The van der Waals surface area contributed by atoms with Crippen molar-refractivity contribution in [1.82, 2.24) is 30.6 Å². The third-order valence-corrected chi connectivity index (χ3v) is 19.2. The maximum atomic E-state index is 13.3. The molecule has 0 radical (unpaired) electrons. The number of furan rings is 3. The minimum atomic E-state index is -0.802. The Balaban J connectivity index is 0.000000165. The lowest BCUT2D eigenvalue weighted by Gasteiger charge is -2.15. The summed E-state index contributed by atoms with van der Waals surface area (Å²) >= 11 is 23.3. The normalized spacial score (nSPS) is 11.9. The van der Waals surface area contributed by atoms with Gasteiger partial charge in [-0.05, 0) is 131 Å². The van der Waals surface area contributed by atoms with Gasteiger partial charge in [-0.3, -0.25) is 14.4 Å². The number of halogens is 3. The summed E-state index contributed by atoms with van der Waals surface area (Å²) in [7, 11) is 9.12. The van der Waals surface area contributed by atoms with Crippen LogP contribution in [0.5, 0.6) is 34.5 Å². The van der Waals surface area contributed by atoms with Crippen molar-refractivity contribution in [2.75, 3.05) is 62.5 Å². The molecule has 0 bridgehead atoms. The van der Waals surface area contributed by atoms with Crippen LogP contribution in [0.2, 0.25) is 15.1 Å². The number of methoxy groups -OCH3 is 6. The lowest BCUT2D eigenvalue weighted by atomic mass is 10.0. The zero-order valence-electron chi connectivity index (χ0n) is 57.4. The van der Waals surface area contributed by atoms with Crippen molar-refractivity contribution in [1.29, 1.82) is 0 Å². The molecule has 27 heteroatoms. The third-order valence-electron chi connectivity index (χ3n) is 15.4. The first-order valence-corrected chi connectivity index (χ1v) is 35.2.